The van der Waals surface area contributed by atoms with Crippen molar-refractivity contribution >= 4 is 27.9 Å². The van der Waals surface area contributed by atoms with Crippen molar-refractivity contribution in [2.24, 2.45) is 0 Å². The number of aromatic nitrogens is 2. The topological polar surface area (TPSA) is 114 Å². The van der Waals surface area contributed by atoms with E-state index < -0.39 is 10.0 Å². The third-order valence-electron chi connectivity index (χ3n) is 5.38. The fourth-order valence-electron chi connectivity index (χ4n) is 3.70. The average molecular weight is 507 g/mol. The lowest BCUT2D eigenvalue weighted by Gasteiger charge is -2.12. The molecule has 0 spiro atoms. The molecule has 1 aromatic heterocycles. The summed E-state index contributed by atoms with van der Waals surface area (Å²) in [6.07, 6.45) is 2.13. The summed E-state index contributed by atoms with van der Waals surface area (Å²) in [5, 5.41) is 8.89. The lowest BCUT2D eigenvalue weighted by Crippen LogP contribution is -2.18. The van der Waals surface area contributed by atoms with E-state index in [2.05, 4.69) is 4.98 Å². The zero-order valence-corrected chi connectivity index (χ0v) is 20.0. The smallest absolute Gasteiger partial charge is 0.270 e. The maximum atomic E-state index is 12.4. The van der Waals surface area contributed by atoms with E-state index in [4.69, 9.17) is 21.6 Å². The van der Waals surface area contributed by atoms with Gasteiger partial charge in [-0.3, -0.25) is 4.79 Å². The molecular formula is C25H19ClN4O4S. The highest BCUT2D eigenvalue weighted by Crippen LogP contribution is 2.30. The Hall–Kier alpha value is -4.13. The molecule has 176 valence electrons. The van der Waals surface area contributed by atoms with E-state index in [1.54, 1.807) is 54.1 Å². The van der Waals surface area contributed by atoms with E-state index in [0.717, 1.165) is 11.1 Å². The minimum atomic E-state index is -3.98. The predicted molar refractivity (Wildman–Crippen MR) is 132 cm³/mol. The van der Waals surface area contributed by atoms with Crippen LogP contribution < -0.4 is 9.46 Å². The number of benzene rings is 3. The van der Waals surface area contributed by atoms with Crippen molar-refractivity contribution in [3.05, 3.63) is 89.2 Å². The first kappa shape index (κ1) is 24.0. The van der Waals surface area contributed by atoms with E-state index in [-0.39, 0.29) is 15.7 Å². The summed E-state index contributed by atoms with van der Waals surface area (Å²) < 4.78 is 33.6. The first-order valence-corrected chi connectivity index (χ1v) is 12.2. The summed E-state index contributed by atoms with van der Waals surface area (Å²) in [5.74, 6) is 1.22. The molecule has 0 radical (unpaired) electrons. The van der Waals surface area contributed by atoms with Gasteiger partial charge in [-0.25, -0.2) is 18.1 Å². The van der Waals surface area contributed by atoms with Crippen LogP contribution in [-0.2, 0) is 16.6 Å². The number of nitrogens with zero attached hydrogens (tertiary/aromatic N) is 3. The first-order valence-electron chi connectivity index (χ1n) is 10.3. The van der Waals surface area contributed by atoms with Crippen LogP contribution in [0.2, 0.25) is 5.15 Å². The van der Waals surface area contributed by atoms with Gasteiger partial charge in [-0.05, 0) is 41.5 Å². The number of rotatable bonds is 8. The van der Waals surface area contributed by atoms with Crippen LogP contribution in [0.1, 0.15) is 16.1 Å². The van der Waals surface area contributed by atoms with Gasteiger partial charge < -0.3 is 9.30 Å². The summed E-state index contributed by atoms with van der Waals surface area (Å²) in [5.41, 5.74) is 2.97. The van der Waals surface area contributed by atoms with Crippen LogP contribution >= 0.6 is 11.6 Å². The van der Waals surface area contributed by atoms with Crippen LogP contribution in [0.4, 0.5) is 0 Å². The van der Waals surface area contributed by atoms with Crippen molar-refractivity contribution in [3.8, 4) is 34.5 Å². The number of hydrogen-bond acceptors (Lipinski definition) is 6. The normalized spacial score (nSPS) is 11.0. The summed E-state index contributed by atoms with van der Waals surface area (Å²) in [7, 11) is -2.40. The molecule has 1 heterocycles. The highest BCUT2D eigenvalue weighted by Gasteiger charge is 2.20. The molecule has 35 heavy (non-hydrogen) atoms. The predicted octanol–water partition coefficient (Wildman–Crippen LogP) is 4.50. The summed E-state index contributed by atoms with van der Waals surface area (Å²) in [6, 6.07) is 20.9. The zero-order chi connectivity index (χ0) is 25.0. The number of aldehydes is 1. The molecule has 0 aliphatic heterocycles. The molecule has 8 nitrogen and oxygen atoms in total. The van der Waals surface area contributed by atoms with Gasteiger partial charge in [0.15, 0.2) is 17.6 Å². The molecule has 10 heteroatoms. The van der Waals surface area contributed by atoms with Crippen molar-refractivity contribution < 1.29 is 17.9 Å². The molecular weight excluding hydrogens is 488 g/mol. The monoisotopic (exact) mass is 506 g/mol. The lowest BCUT2D eigenvalue weighted by atomic mass is 10.0. The van der Waals surface area contributed by atoms with Gasteiger partial charge in [0.05, 0.1) is 12.0 Å². The van der Waals surface area contributed by atoms with Gasteiger partial charge >= 0.3 is 0 Å². The number of nitriles is 1. The number of nitrogens with one attached hydrogen (secondary N) is 1. The highest BCUT2D eigenvalue weighted by atomic mass is 35.5. The van der Waals surface area contributed by atoms with E-state index >= 15 is 0 Å². The number of carbonyl (C=O) groups is 1. The molecule has 0 aliphatic carbocycles. The SMILES string of the molecule is COc1ccc(-c2nc(Cl)c(C=O)n2Cc2ccc(-c3ccccc3S(=O)(=O)NC#N)cc2)cc1. The number of hydrogen-bond donors (Lipinski definition) is 1. The fourth-order valence-corrected chi connectivity index (χ4v) is 4.89. The van der Waals surface area contributed by atoms with E-state index in [1.807, 2.05) is 29.0 Å². The molecule has 0 atom stereocenters. The van der Waals surface area contributed by atoms with Gasteiger partial charge in [0.2, 0.25) is 0 Å². The Morgan fingerprint density at radius 1 is 1.06 bits per heavy atom. The lowest BCUT2D eigenvalue weighted by molar-refractivity contribution is 0.111. The molecule has 1 N–H and O–H groups in total. The van der Waals surface area contributed by atoms with Crippen LogP contribution in [0.25, 0.3) is 22.5 Å². The molecule has 0 bridgehead atoms. The summed E-state index contributed by atoms with van der Waals surface area (Å²) in [6.45, 7) is 0.311. The summed E-state index contributed by atoms with van der Waals surface area (Å²) >= 11 is 6.24. The van der Waals surface area contributed by atoms with Crippen molar-refractivity contribution in [1.29, 1.82) is 5.26 Å². The number of methoxy groups -OCH3 is 1. The largest absolute Gasteiger partial charge is 0.497 e. The Morgan fingerprint density at radius 3 is 2.34 bits per heavy atom. The number of imidazole rings is 1. The van der Waals surface area contributed by atoms with Crippen LogP contribution in [0, 0.1) is 11.5 Å². The van der Waals surface area contributed by atoms with Gasteiger partial charge in [-0.1, -0.05) is 54.1 Å². The van der Waals surface area contributed by atoms with E-state index in [0.29, 0.717) is 35.5 Å². The third-order valence-corrected chi connectivity index (χ3v) is 6.96. The molecule has 0 saturated heterocycles. The van der Waals surface area contributed by atoms with Crippen molar-refractivity contribution in [2.45, 2.75) is 11.4 Å². The highest BCUT2D eigenvalue weighted by molar-refractivity contribution is 7.89. The van der Waals surface area contributed by atoms with Crippen molar-refractivity contribution in [3.63, 3.8) is 0 Å². The van der Waals surface area contributed by atoms with Gasteiger partial charge in [-0.15, -0.1) is 0 Å². The second kappa shape index (κ2) is 10.0. The Kier molecular flexibility index (Phi) is 6.87. The molecule has 0 fully saturated rings. The number of carbonyl (C=O) groups excluding carboxylic acids is 1. The summed E-state index contributed by atoms with van der Waals surface area (Å²) in [4.78, 5) is 16.1. The Morgan fingerprint density at radius 2 is 1.71 bits per heavy atom. The minimum Gasteiger partial charge on any atom is -0.497 e. The van der Waals surface area contributed by atoms with E-state index in [1.165, 1.54) is 12.3 Å². The number of sulfonamides is 1. The molecule has 0 unspecified atom stereocenters. The van der Waals surface area contributed by atoms with Gasteiger partial charge in [0.1, 0.15) is 17.3 Å². The van der Waals surface area contributed by atoms with Gasteiger partial charge in [-0.2, -0.15) is 5.26 Å². The third kappa shape index (κ3) is 4.89. The second-order valence-corrected chi connectivity index (χ2v) is 9.46. The van der Waals surface area contributed by atoms with Crippen molar-refractivity contribution in [2.75, 3.05) is 7.11 Å². The number of ether oxygens (including phenoxy) is 1. The maximum Gasteiger partial charge on any atom is 0.270 e. The average Bonchev–Trinajstić information content (AvgIpc) is 3.19. The quantitative estimate of drug-likeness (QED) is 0.214. The molecule has 0 saturated carbocycles. The Bertz CT molecular complexity index is 1520. The van der Waals surface area contributed by atoms with Crippen LogP contribution in [0.3, 0.4) is 0 Å². The van der Waals surface area contributed by atoms with Crippen LogP contribution in [-0.4, -0.2) is 31.4 Å². The van der Waals surface area contributed by atoms with E-state index in [9.17, 15) is 13.2 Å². The van der Waals surface area contributed by atoms with Crippen molar-refractivity contribution in [1.82, 2.24) is 14.3 Å². The Balaban J connectivity index is 1.69. The molecule has 4 aromatic rings. The molecule has 3 aromatic carbocycles. The number of halogens is 1. The van der Waals surface area contributed by atoms with Crippen LogP contribution in [0.5, 0.6) is 5.75 Å². The maximum absolute atomic E-state index is 12.4. The van der Waals surface area contributed by atoms with Crippen LogP contribution in [0.15, 0.2) is 77.7 Å². The molecule has 4 rings (SSSR count). The minimum absolute atomic E-state index is 0.000671. The zero-order valence-electron chi connectivity index (χ0n) is 18.5. The standard InChI is InChI=1S/C25H19ClN4O4S/c1-34-20-12-10-19(11-13-20)25-29-24(26)22(15-31)30(25)14-17-6-8-18(9-7-17)21-4-2-3-5-23(21)35(32,33)28-16-27/h2-13,15,28H,14H2,1H3. The fraction of sp³-hybridized carbons (Fsp3) is 0.0800. The molecule has 0 aliphatic rings. The van der Waals surface area contributed by atoms with Gasteiger partial charge in [0, 0.05) is 17.7 Å². The second-order valence-electron chi connectivity index (χ2n) is 7.45. The first-order chi connectivity index (χ1) is 16.9. The molecule has 0 amide bonds. The Labute approximate surface area is 207 Å². The van der Waals surface area contributed by atoms with Gasteiger partial charge in [0.25, 0.3) is 10.0 Å².